The number of carbonyl (C=O) groups excluding carboxylic acids is 2. The van der Waals surface area contributed by atoms with Gasteiger partial charge in [-0.1, -0.05) is 23.7 Å². The van der Waals surface area contributed by atoms with Crippen LogP contribution in [0.5, 0.6) is 5.75 Å². The lowest BCUT2D eigenvalue weighted by Crippen LogP contribution is -2.45. The van der Waals surface area contributed by atoms with Crippen LogP contribution in [0.4, 0.5) is 5.69 Å². The van der Waals surface area contributed by atoms with E-state index >= 15 is 0 Å². The summed E-state index contributed by atoms with van der Waals surface area (Å²) >= 11 is 6.19. The number of amides is 2. The Hall–Kier alpha value is -3.63. The second-order valence-electron chi connectivity index (χ2n) is 8.28. The van der Waals surface area contributed by atoms with Crippen LogP contribution in [-0.4, -0.2) is 60.1 Å². The van der Waals surface area contributed by atoms with Crippen LogP contribution in [0.2, 0.25) is 5.02 Å². The summed E-state index contributed by atoms with van der Waals surface area (Å²) in [6.45, 7) is 1.93. The maximum atomic E-state index is 13.2. The molecule has 2 aromatic carbocycles. The molecule has 35 heavy (non-hydrogen) atoms. The molecule has 1 heterocycles. The highest BCUT2D eigenvalue weighted by molar-refractivity contribution is 6.31. The molecule has 3 rings (SSSR count). The van der Waals surface area contributed by atoms with Crippen LogP contribution < -0.4 is 26.6 Å². The minimum atomic E-state index is -0.763. The molecule has 0 saturated heterocycles. The van der Waals surface area contributed by atoms with Gasteiger partial charge < -0.3 is 20.3 Å². The van der Waals surface area contributed by atoms with Gasteiger partial charge in [0.25, 0.3) is 5.56 Å². The van der Waals surface area contributed by atoms with Crippen molar-refractivity contribution in [3.63, 3.8) is 0 Å². The summed E-state index contributed by atoms with van der Waals surface area (Å²) in [5, 5.41) is 6.05. The van der Waals surface area contributed by atoms with Gasteiger partial charge in [-0.2, -0.15) is 0 Å². The first kappa shape index (κ1) is 26.0. The monoisotopic (exact) mass is 501 g/mol. The van der Waals surface area contributed by atoms with E-state index in [1.165, 1.54) is 11.7 Å². The summed E-state index contributed by atoms with van der Waals surface area (Å²) in [6.07, 6.45) is 0. The van der Waals surface area contributed by atoms with Gasteiger partial charge in [-0.25, -0.2) is 4.79 Å². The number of fused-ring (bicyclic) bond motifs is 1. The lowest BCUT2D eigenvalue weighted by Gasteiger charge is -2.16. The average molecular weight is 502 g/mol. The molecule has 0 aliphatic carbocycles. The van der Waals surface area contributed by atoms with E-state index in [-0.39, 0.29) is 10.9 Å². The van der Waals surface area contributed by atoms with Crippen LogP contribution in [0.3, 0.4) is 0 Å². The van der Waals surface area contributed by atoms with Crippen molar-refractivity contribution in [2.24, 2.45) is 0 Å². The summed E-state index contributed by atoms with van der Waals surface area (Å²) in [5.41, 5.74) is 0.0482. The Morgan fingerprint density at radius 1 is 1.06 bits per heavy atom. The number of hydrogen-bond acceptors (Lipinski definition) is 6. The highest BCUT2D eigenvalue weighted by Gasteiger charge is 2.18. The van der Waals surface area contributed by atoms with Gasteiger partial charge in [-0.05, 0) is 50.8 Å². The SMILES string of the molecule is COc1cc(C)c(Cl)cc1NC(=O)Cn1c(=O)n(CC(=O)NCCN(C)C)c(=O)c2ccccc21. The van der Waals surface area contributed by atoms with Gasteiger partial charge in [0.2, 0.25) is 11.8 Å². The van der Waals surface area contributed by atoms with E-state index in [9.17, 15) is 19.2 Å². The predicted molar refractivity (Wildman–Crippen MR) is 135 cm³/mol. The minimum absolute atomic E-state index is 0.219. The summed E-state index contributed by atoms with van der Waals surface area (Å²) < 4.78 is 7.32. The number of para-hydroxylation sites is 1. The number of carbonyl (C=O) groups is 2. The third-order valence-corrected chi connectivity index (χ3v) is 5.78. The van der Waals surface area contributed by atoms with Gasteiger partial charge in [0.05, 0.1) is 23.7 Å². The molecule has 0 bridgehead atoms. The normalized spacial score (nSPS) is 11.0. The van der Waals surface area contributed by atoms with E-state index in [1.54, 1.807) is 36.4 Å². The first-order valence-corrected chi connectivity index (χ1v) is 11.3. The molecule has 186 valence electrons. The van der Waals surface area contributed by atoms with Gasteiger partial charge in [0, 0.05) is 18.1 Å². The van der Waals surface area contributed by atoms with Crippen molar-refractivity contribution in [1.29, 1.82) is 0 Å². The number of likely N-dealkylation sites (N-methyl/N-ethyl adjacent to an activating group) is 1. The van der Waals surface area contributed by atoms with Crippen molar-refractivity contribution in [3.8, 4) is 5.75 Å². The van der Waals surface area contributed by atoms with E-state index < -0.39 is 36.2 Å². The van der Waals surface area contributed by atoms with E-state index in [0.717, 1.165) is 10.1 Å². The number of nitrogens with zero attached hydrogens (tertiary/aromatic N) is 3. The number of anilines is 1. The standard InChI is InChI=1S/C24H28ClN5O5/c1-15-11-20(35-4)18(12-17(15)25)27-22(32)14-29-19-8-6-5-7-16(19)23(33)30(24(29)34)13-21(31)26-9-10-28(2)3/h5-8,11-12H,9-10,13-14H2,1-4H3,(H,26,31)(H,27,32). The number of halogens is 1. The van der Waals surface area contributed by atoms with Gasteiger partial charge >= 0.3 is 5.69 Å². The molecule has 11 heteroatoms. The third kappa shape index (κ3) is 6.09. The van der Waals surface area contributed by atoms with Crippen molar-refractivity contribution >= 4 is 40.0 Å². The van der Waals surface area contributed by atoms with Crippen LogP contribution in [0.25, 0.3) is 10.9 Å². The molecule has 0 unspecified atom stereocenters. The Labute approximate surface area is 207 Å². The predicted octanol–water partition coefficient (Wildman–Crippen LogP) is 1.45. The molecule has 0 radical (unpaired) electrons. The quantitative estimate of drug-likeness (QED) is 0.458. The number of nitrogens with one attached hydrogen (secondary N) is 2. The summed E-state index contributed by atoms with van der Waals surface area (Å²) in [4.78, 5) is 53.4. The number of aryl methyl sites for hydroxylation is 1. The molecule has 0 aliphatic heterocycles. The van der Waals surface area contributed by atoms with E-state index in [1.807, 2.05) is 25.9 Å². The van der Waals surface area contributed by atoms with Crippen LogP contribution in [-0.2, 0) is 22.7 Å². The lowest BCUT2D eigenvalue weighted by atomic mass is 10.2. The summed E-state index contributed by atoms with van der Waals surface area (Å²) in [6, 6.07) is 9.70. The first-order valence-electron chi connectivity index (χ1n) is 10.9. The fraction of sp³-hybridized carbons (Fsp3) is 0.333. The molecule has 0 atom stereocenters. The van der Waals surface area contributed by atoms with E-state index in [0.29, 0.717) is 29.5 Å². The van der Waals surface area contributed by atoms with Gasteiger partial charge in [0.15, 0.2) is 0 Å². The Kier molecular flexibility index (Phi) is 8.31. The fourth-order valence-electron chi connectivity index (χ4n) is 3.54. The maximum absolute atomic E-state index is 13.2. The molecule has 2 amide bonds. The zero-order valence-electron chi connectivity index (χ0n) is 20.1. The molecular formula is C24H28ClN5O5. The summed E-state index contributed by atoms with van der Waals surface area (Å²) in [7, 11) is 5.20. The Morgan fingerprint density at radius 2 is 1.74 bits per heavy atom. The smallest absolute Gasteiger partial charge is 0.332 e. The van der Waals surface area contributed by atoms with Crippen molar-refractivity contribution in [1.82, 2.24) is 19.4 Å². The number of hydrogen-bond donors (Lipinski definition) is 2. The molecule has 0 fully saturated rings. The van der Waals surface area contributed by atoms with Crippen LogP contribution >= 0.6 is 11.6 Å². The topological polar surface area (TPSA) is 115 Å². The van der Waals surface area contributed by atoms with Crippen LogP contribution in [0, 0.1) is 6.92 Å². The third-order valence-electron chi connectivity index (χ3n) is 5.37. The van der Waals surface area contributed by atoms with Crippen LogP contribution in [0.15, 0.2) is 46.0 Å². The van der Waals surface area contributed by atoms with Gasteiger partial charge in [-0.3, -0.25) is 23.5 Å². The Bertz CT molecular complexity index is 1380. The molecule has 0 aliphatic rings. The molecule has 2 N–H and O–H groups in total. The first-order chi connectivity index (χ1) is 16.6. The highest BCUT2D eigenvalue weighted by atomic mass is 35.5. The van der Waals surface area contributed by atoms with Gasteiger partial charge in [0.1, 0.15) is 18.8 Å². The Balaban J connectivity index is 1.94. The van der Waals surface area contributed by atoms with Crippen molar-refractivity contribution in [2.75, 3.05) is 39.6 Å². The second-order valence-corrected chi connectivity index (χ2v) is 8.69. The highest BCUT2D eigenvalue weighted by Crippen LogP contribution is 2.30. The molecular weight excluding hydrogens is 474 g/mol. The molecule has 1 aromatic heterocycles. The van der Waals surface area contributed by atoms with Crippen LogP contribution in [0.1, 0.15) is 5.56 Å². The lowest BCUT2D eigenvalue weighted by molar-refractivity contribution is -0.121. The average Bonchev–Trinajstić information content (AvgIpc) is 2.81. The number of rotatable bonds is 9. The number of ether oxygens (including phenoxy) is 1. The second kappa shape index (κ2) is 11.2. The minimum Gasteiger partial charge on any atom is -0.495 e. The number of aromatic nitrogens is 2. The zero-order valence-corrected chi connectivity index (χ0v) is 20.8. The van der Waals surface area contributed by atoms with E-state index in [4.69, 9.17) is 16.3 Å². The molecule has 0 spiro atoms. The van der Waals surface area contributed by atoms with E-state index in [2.05, 4.69) is 10.6 Å². The molecule has 0 saturated carbocycles. The Morgan fingerprint density at radius 3 is 2.43 bits per heavy atom. The largest absolute Gasteiger partial charge is 0.495 e. The van der Waals surface area contributed by atoms with Gasteiger partial charge in [-0.15, -0.1) is 0 Å². The number of benzene rings is 2. The number of methoxy groups -OCH3 is 1. The maximum Gasteiger partial charge on any atom is 0.332 e. The van der Waals surface area contributed by atoms with Crippen molar-refractivity contribution in [2.45, 2.75) is 20.0 Å². The fourth-order valence-corrected chi connectivity index (χ4v) is 3.70. The van der Waals surface area contributed by atoms with Crippen molar-refractivity contribution < 1.29 is 14.3 Å². The zero-order chi connectivity index (χ0) is 25.7. The molecule has 3 aromatic rings. The van der Waals surface area contributed by atoms with Crippen molar-refractivity contribution in [3.05, 3.63) is 67.8 Å². The molecule has 10 nitrogen and oxygen atoms in total. The summed E-state index contributed by atoms with van der Waals surface area (Å²) in [5.74, 6) is -0.593.